The van der Waals surface area contributed by atoms with Crippen molar-refractivity contribution in [1.82, 2.24) is 5.32 Å². The molecule has 136 valence electrons. The summed E-state index contributed by atoms with van der Waals surface area (Å²) in [4.78, 5) is 25.1. The van der Waals surface area contributed by atoms with Crippen LogP contribution in [0, 0.1) is 11.2 Å². The van der Waals surface area contributed by atoms with E-state index in [1.165, 1.54) is 17.7 Å². The van der Waals surface area contributed by atoms with E-state index in [1.54, 1.807) is 12.1 Å². The second kappa shape index (κ2) is 7.28. The highest BCUT2D eigenvalue weighted by molar-refractivity contribution is 6.13. The minimum absolute atomic E-state index is 0.272. The van der Waals surface area contributed by atoms with Gasteiger partial charge in [-0.1, -0.05) is 38.1 Å². The molecule has 1 saturated carbocycles. The summed E-state index contributed by atoms with van der Waals surface area (Å²) in [6.45, 7) is 4.49. The van der Waals surface area contributed by atoms with E-state index in [0.717, 1.165) is 5.56 Å². The molecular weight excluding hydrogens is 331 g/mol. The monoisotopic (exact) mass is 354 g/mol. The van der Waals surface area contributed by atoms with E-state index in [9.17, 15) is 14.0 Å². The number of anilines is 1. The highest BCUT2D eigenvalue weighted by Crippen LogP contribution is 2.47. The molecule has 2 aromatic rings. The van der Waals surface area contributed by atoms with Crippen molar-refractivity contribution in [1.29, 1.82) is 0 Å². The second-order valence-electron chi connectivity index (χ2n) is 7.12. The molecule has 0 aromatic heterocycles. The van der Waals surface area contributed by atoms with Gasteiger partial charge in [0, 0.05) is 12.2 Å². The highest BCUT2D eigenvalue weighted by Gasteiger charge is 2.56. The van der Waals surface area contributed by atoms with Crippen molar-refractivity contribution in [3.05, 3.63) is 65.5 Å². The van der Waals surface area contributed by atoms with Gasteiger partial charge in [0.1, 0.15) is 11.2 Å². The number of carbonyl (C=O) groups excluding carboxylic acids is 2. The Hall–Kier alpha value is -2.69. The molecule has 26 heavy (non-hydrogen) atoms. The molecule has 0 bridgehead atoms. The number of rotatable bonds is 6. The molecule has 0 atom stereocenters. The van der Waals surface area contributed by atoms with Crippen molar-refractivity contribution in [2.24, 2.45) is 5.41 Å². The third-order valence-corrected chi connectivity index (χ3v) is 4.82. The summed E-state index contributed by atoms with van der Waals surface area (Å²) < 4.78 is 12.9. The number of carbonyl (C=O) groups is 2. The molecular formula is C21H23FN2O2. The van der Waals surface area contributed by atoms with Gasteiger partial charge in [-0.3, -0.25) is 9.59 Å². The summed E-state index contributed by atoms with van der Waals surface area (Å²) in [6.07, 6.45) is 1.08. The van der Waals surface area contributed by atoms with Crippen LogP contribution in [-0.2, 0) is 16.1 Å². The normalized spacial score (nSPS) is 14.8. The summed E-state index contributed by atoms with van der Waals surface area (Å²) in [6, 6.07) is 13.6. The van der Waals surface area contributed by atoms with Gasteiger partial charge in [0.25, 0.3) is 0 Å². The zero-order valence-corrected chi connectivity index (χ0v) is 15.0. The maximum atomic E-state index is 12.9. The summed E-state index contributed by atoms with van der Waals surface area (Å²) in [5.41, 5.74) is 1.69. The average Bonchev–Trinajstić information content (AvgIpc) is 3.43. The van der Waals surface area contributed by atoms with Crippen LogP contribution in [0.1, 0.15) is 43.7 Å². The van der Waals surface area contributed by atoms with Crippen LogP contribution in [0.2, 0.25) is 0 Å². The lowest BCUT2D eigenvalue weighted by molar-refractivity contribution is -0.134. The molecule has 4 nitrogen and oxygen atoms in total. The van der Waals surface area contributed by atoms with E-state index >= 15 is 0 Å². The maximum absolute atomic E-state index is 12.9. The van der Waals surface area contributed by atoms with E-state index in [1.807, 2.05) is 24.3 Å². The summed E-state index contributed by atoms with van der Waals surface area (Å²) >= 11 is 0. The number of amides is 2. The van der Waals surface area contributed by atoms with Gasteiger partial charge in [0.2, 0.25) is 11.8 Å². The molecule has 0 heterocycles. The fourth-order valence-electron chi connectivity index (χ4n) is 2.84. The van der Waals surface area contributed by atoms with E-state index < -0.39 is 5.41 Å². The van der Waals surface area contributed by atoms with Gasteiger partial charge in [-0.2, -0.15) is 0 Å². The minimum atomic E-state index is -0.989. The molecule has 3 rings (SSSR count). The fourth-order valence-corrected chi connectivity index (χ4v) is 2.84. The van der Waals surface area contributed by atoms with Gasteiger partial charge in [0.15, 0.2) is 0 Å². The smallest absolute Gasteiger partial charge is 0.240 e. The lowest BCUT2D eigenvalue weighted by Crippen LogP contribution is -2.39. The van der Waals surface area contributed by atoms with Crippen LogP contribution in [0.15, 0.2) is 48.5 Å². The predicted molar refractivity (Wildman–Crippen MR) is 99.1 cm³/mol. The molecule has 0 spiro atoms. The molecule has 2 aromatic carbocycles. The molecule has 0 radical (unpaired) electrons. The maximum Gasteiger partial charge on any atom is 0.240 e. The molecule has 1 fully saturated rings. The molecule has 5 heteroatoms. The lowest BCUT2D eigenvalue weighted by Gasteiger charge is -2.16. The van der Waals surface area contributed by atoms with Crippen molar-refractivity contribution in [3.63, 3.8) is 0 Å². The fraction of sp³-hybridized carbons (Fsp3) is 0.333. The van der Waals surface area contributed by atoms with Crippen LogP contribution in [0.5, 0.6) is 0 Å². The Balaban J connectivity index is 1.59. The second-order valence-corrected chi connectivity index (χ2v) is 7.12. The highest BCUT2D eigenvalue weighted by atomic mass is 19.1. The third-order valence-electron chi connectivity index (χ3n) is 4.82. The van der Waals surface area contributed by atoms with E-state index in [4.69, 9.17) is 0 Å². The van der Waals surface area contributed by atoms with Gasteiger partial charge in [-0.25, -0.2) is 4.39 Å². The summed E-state index contributed by atoms with van der Waals surface area (Å²) in [7, 11) is 0. The van der Waals surface area contributed by atoms with E-state index in [-0.39, 0.29) is 24.2 Å². The number of halogens is 1. The van der Waals surface area contributed by atoms with Crippen molar-refractivity contribution < 1.29 is 14.0 Å². The SMILES string of the molecule is CC(C)c1ccc(NC(=O)C2(C(=O)NCc3ccc(F)cc3)CC2)cc1. The first-order valence-electron chi connectivity index (χ1n) is 8.85. The number of hydrogen-bond acceptors (Lipinski definition) is 2. The standard InChI is InChI=1S/C21H23FN2O2/c1-14(2)16-5-9-18(10-6-16)24-20(26)21(11-12-21)19(25)23-13-15-3-7-17(22)8-4-15/h3-10,14H,11-13H2,1-2H3,(H,23,25)(H,24,26). The minimum Gasteiger partial charge on any atom is -0.351 e. The first-order valence-corrected chi connectivity index (χ1v) is 8.85. The summed E-state index contributed by atoms with van der Waals surface area (Å²) in [5.74, 6) is -0.446. The van der Waals surface area contributed by atoms with E-state index in [0.29, 0.717) is 24.4 Å². The van der Waals surface area contributed by atoms with Gasteiger partial charge >= 0.3 is 0 Å². The lowest BCUT2D eigenvalue weighted by atomic mass is 10.0. The van der Waals surface area contributed by atoms with Crippen LogP contribution < -0.4 is 10.6 Å². The Kier molecular flexibility index (Phi) is 5.07. The number of hydrogen-bond donors (Lipinski definition) is 2. The van der Waals surface area contributed by atoms with Gasteiger partial charge in [-0.05, 0) is 54.2 Å². The van der Waals surface area contributed by atoms with Crippen molar-refractivity contribution >= 4 is 17.5 Å². The third kappa shape index (κ3) is 3.93. The molecule has 2 amide bonds. The van der Waals surface area contributed by atoms with Gasteiger partial charge in [-0.15, -0.1) is 0 Å². The zero-order valence-electron chi connectivity index (χ0n) is 15.0. The van der Waals surface area contributed by atoms with Crippen LogP contribution in [0.3, 0.4) is 0 Å². The summed E-state index contributed by atoms with van der Waals surface area (Å²) in [5, 5.41) is 5.64. The van der Waals surface area contributed by atoms with Crippen molar-refractivity contribution in [2.75, 3.05) is 5.32 Å². The topological polar surface area (TPSA) is 58.2 Å². The first-order chi connectivity index (χ1) is 12.4. The molecule has 2 N–H and O–H groups in total. The number of nitrogens with one attached hydrogen (secondary N) is 2. The Morgan fingerprint density at radius 2 is 1.62 bits per heavy atom. The van der Waals surface area contributed by atoms with Crippen LogP contribution in [0.25, 0.3) is 0 Å². The first kappa shape index (κ1) is 18.1. The molecule has 0 saturated heterocycles. The Morgan fingerprint density at radius 1 is 1.00 bits per heavy atom. The predicted octanol–water partition coefficient (Wildman–Crippen LogP) is 3.98. The van der Waals surface area contributed by atoms with Crippen LogP contribution in [0.4, 0.5) is 10.1 Å². The molecule has 1 aliphatic carbocycles. The number of benzene rings is 2. The molecule has 0 aliphatic heterocycles. The quantitative estimate of drug-likeness (QED) is 0.771. The Morgan fingerprint density at radius 3 is 2.15 bits per heavy atom. The Bertz CT molecular complexity index is 794. The van der Waals surface area contributed by atoms with E-state index in [2.05, 4.69) is 24.5 Å². The molecule has 0 unspecified atom stereocenters. The van der Waals surface area contributed by atoms with Crippen molar-refractivity contribution in [3.8, 4) is 0 Å². The largest absolute Gasteiger partial charge is 0.351 e. The van der Waals surface area contributed by atoms with Crippen molar-refractivity contribution in [2.45, 2.75) is 39.2 Å². The average molecular weight is 354 g/mol. The van der Waals surface area contributed by atoms with Gasteiger partial charge in [0.05, 0.1) is 0 Å². The van der Waals surface area contributed by atoms with Gasteiger partial charge < -0.3 is 10.6 Å². The molecule has 1 aliphatic rings. The van der Waals surface area contributed by atoms with Crippen LogP contribution >= 0.6 is 0 Å². The Labute approximate surface area is 152 Å². The van der Waals surface area contributed by atoms with Crippen LogP contribution in [-0.4, -0.2) is 11.8 Å². The zero-order chi connectivity index (χ0) is 18.7.